The van der Waals surface area contributed by atoms with Gasteiger partial charge in [-0.25, -0.2) is 0 Å². The van der Waals surface area contributed by atoms with E-state index in [1.807, 2.05) is 6.07 Å². The van der Waals surface area contributed by atoms with Crippen LogP contribution < -0.4 is 5.32 Å². The summed E-state index contributed by atoms with van der Waals surface area (Å²) in [4.78, 5) is 0. The number of rotatable bonds is 0. The lowest BCUT2D eigenvalue weighted by molar-refractivity contribution is 0.158. The Morgan fingerprint density at radius 3 is 3.00 bits per heavy atom. The van der Waals surface area contributed by atoms with Gasteiger partial charge >= 0.3 is 0 Å². The standard InChI is InChI=1S/C14H18INO/c1-8-12-6-9-5-11(15)13(17)7-10(9)14(8,2)3-4-16-12/h5,7-8,12,16-17H,3-4,6H2,1-2H3/t8-,12+,14+/m1/s1. The predicted molar refractivity (Wildman–Crippen MR) is 77.5 cm³/mol. The van der Waals surface area contributed by atoms with E-state index in [9.17, 15) is 5.11 Å². The summed E-state index contributed by atoms with van der Waals surface area (Å²) in [6.45, 7) is 5.79. The Morgan fingerprint density at radius 2 is 2.24 bits per heavy atom. The van der Waals surface area contributed by atoms with Crippen LogP contribution >= 0.6 is 22.6 Å². The Kier molecular flexibility index (Phi) is 2.67. The summed E-state index contributed by atoms with van der Waals surface area (Å²) in [6.07, 6.45) is 2.26. The molecule has 0 saturated carbocycles. The molecule has 1 aromatic rings. The molecule has 3 atom stereocenters. The van der Waals surface area contributed by atoms with Crippen molar-refractivity contribution in [2.75, 3.05) is 6.54 Å². The summed E-state index contributed by atoms with van der Waals surface area (Å²) in [5.74, 6) is 1.08. The smallest absolute Gasteiger partial charge is 0.129 e. The van der Waals surface area contributed by atoms with Gasteiger partial charge in [0, 0.05) is 6.04 Å². The monoisotopic (exact) mass is 343 g/mol. The fourth-order valence-electron chi connectivity index (χ4n) is 3.54. The lowest BCUT2D eigenvalue weighted by Crippen LogP contribution is -2.56. The summed E-state index contributed by atoms with van der Waals surface area (Å²) in [5.41, 5.74) is 3.02. The van der Waals surface area contributed by atoms with E-state index < -0.39 is 0 Å². The summed E-state index contributed by atoms with van der Waals surface area (Å²) >= 11 is 2.21. The van der Waals surface area contributed by atoms with Gasteiger partial charge in [-0.15, -0.1) is 0 Å². The Bertz CT molecular complexity index is 474. The second-order valence-corrected chi connectivity index (χ2v) is 6.84. The van der Waals surface area contributed by atoms with Crippen LogP contribution in [0.2, 0.25) is 0 Å². The van der Waals surface area contributed by atoms with Gasteiger partial charge in [-0.2, -0.15) is 0 Å². The first kappa shape index (κ1) is 11.8. The highest BCUT2D eigenvalue weighted by Crippen LogP contribution is 2.47. The molecular weight excluding hydrogens is 325 g/mol. The van der Waals surface area contributed by atoms with Crippen LogP contribution in [0.5, 0.6) is 5.75 Å². The first-order valence-electron chi connectivity index (χ1n) is 6.27. The van der Waals surface area contributed by atoms with Gasteiger partial charge in [0.05, 0.1) is 3.57 Å². The third-order valence-electron chi connectivity index (χ3n) is 4.89. The Hall–Kier alpha value is -0.290. The number of benzene rings is 1. The van der Waals surface area contributed by atoms with Crippen molar-refractivity contribution in [3.63, 3.8) is 0 Å². The SMILES string of the molecule is C[C@@H]1[C@@H]2Cc3cc(I)c(O)cc3[C@@]1(C)CCN2. The van der Waals surface area contributed by atoms with Crippen molar-refractivity contribution >= 4 is 22.6 Å². The van der Waals surface area contributed by atoms with E-state index in [1.54, 1.807) is 0 Å². The van der Waals surface area contributed by atoms with Crippen molar-refractivity contribution in [3.05, 3.63) is 26.8 Å². The number of phenolic OH excluding ortho intramolecular Hbond substituents is 1. The molecule has 0 radical (unpaired) electrons. The van der Waals surface area contributed by atoms with Gasteiger partial charge in [-0.3, -0.25) is 0 Å². The molecule has 0 spiro atoms. The van der Waals surface area contributed by atoms with Crippen molar-refractivity contribution < 1.29 is 5.11 Å². The van der Waals surface area contributed by atoms with E-state index in [0.717, 1.165) is 23.0 Å². The van der Waals surface area contributed by atoms with Crippen LogP contribution in [0.25, 0.3) is 0 Å². The zero-order chi connectivity index (χ0) is 12.2. The van der Waals surface area contributed by atoms with Gasteiger partial charge in [0.2, 0.25) is 0 Å². The molecule has 3 heteroatoms. The average Bonchev–Trinajstić information content (AvgIpc) is 2.27. The van der Waals surface area contributed by atoms with E-state index >= 15 is 0 Å². The van der Waals surface area contributed by atoms with Gasteiger partial charge < -0.3 is 10.4 Å². The highest BCUT2D eigenvalue weighted by Gasteiger charge is 2.45. The third kappa shape index (κ3) is 1.62. The Morgan fingerprint density at radius 1 is 1.47 bits per heavy atom. The molecule has 2 nitrogen and oxygen atoms in total. The van der Waals surface area contributed by atoms with Gasteiger partial charge in [-0.1, -0.05) is 13.8 Å². The Labute approximate surface area is 116 Å². The maximum absolute atomic E-state index is 9.95. The average molecular weight is 343 g/mol. The van der Waals surface area contributed by atoms with Crippen LogP contribution in [0.1, 0.15) is 31.4 Å². The minimum atomic E-state index is 0.228. The summed E-state index contributed by atoms with van der Waals surface area (Å²) in [6, 6.07) is 4.77. The van der Waals surface area contributed by atoms with E-state index in [4.69, 9.17) is 0 Å². The summed E-state index contributed by atoms with van der Waals surface area (Å²) < 4.78 is 0.970. The van der Waals surface area contributed by atoms with E-state index in [0.29, 0.717) is 17.7 Å². The second kappa shape index (κ2) is 3.85. The lowest BCUT2D eigenvalue weighted by Gasteiger charge is -2.50. The van der Waals surface area contributed by atoms with Crippen molar-refractivity contribution in [2.45, 2.75) is 38.1 Å². The highest BCUT2D eigenvalue weighted by atomic mass is 127. The normalized spacial score (nSPS) is 35.5. The molecule has 1 aliphatic carbocycles. The lowest BCUT2D eigenvalue weighted by atomic mass is 9.59. The minimum Gasteiger partial charge on any atom is -0.507 e. The summed E-state index contributed by atoms with van der Waals surface area (Å²) in [5, 5.41) is 13.6. The van der Waals surface area contributed by atoms with Crippen molar-refractivity contribution in [1.82, 2.24) is 5.32 Å². The van der Waals surface area contributed by atoms with Crippen LogP contribution in [0.3, 0.4) is 0 Å². The largest absolute Gasteiger partial charge is 0.507 e. The van der Waals surface area contributed by atoms with Crippen LogP contribution in [0.4, 0.5) is 0 Å². The number of halogens is 1. The van der Waals surface area contributed by atoms with Crippen molar-refractivity contribution in [2.24, 2.45) is 5.92 Å². The predicted octanol–water partition coefficient (Wildman–Crippen LogP) is 2.81. The number of piperidine rings is 1. The maximum atomic E-state index is 9.95. The Balaban J connectivity index is 2.20. The topological polar surface area (TPSA) is 32.3 Å². The van der Waals surface area contributed by atoms with Crippen LogP contribution in [-0.4, -0.2) is 17.7 Å². The molecule has 0 unspecified atom stereocenters. The first-order chi connectivity index (χ1) is 8.02. The molecule has 2 aliphatic rings. The van der Waals surface area contributed by atoms with E-state index in [-0.39, 0.29) is 5.41 Å². The summed E-state index contributed by atoms with van der Waals surface area (Å²) in [7, 11) is 0. The zero-order valence-corrected chi connectivity index (χ0v) is 12.4. The van der Waals surface area contributed by atoms with Gasteiger partial charge in [0.15, 0.2) is 0 Å². The van der Waals surface area contributed by atoms with Gasteiger partial charge in [0.1, 0.15) is 5.75 Å². The van der Waals surface area contributed by atoms with Gasteiger partial charge in [-0.05, 0) is 76.6 Å². The quantitative estimate of drug-likeness (QED) is 0.710. The highest BCUT2D eigenvalue weighted by molar-refractivity contribution is 14.1. The van der Waals surface area contributed by atoms with Crippen LogP contribution in [0.15, 0.2) is 12.1 Å². The number of aromatic hydroxyl groups is 1. The zero-order valence-electron chi connectivity index (χ0n) is 10.3. The van der Waals surface area contributed by atoms with Gasteiger partial charge in [0.25, 0.3) is 0 Å². The minimum absolute atomic E-state index is 0.228. The molecule has 17 heavy (non-hydrogen) atoms. The molecule has 0 amide bonds. The molecule has 92 valence electrons. The van der Waals surface area contributed by atoms with Crippen LogP contribution in [0, 0.1) is 9.49 Å². The number of phenols is 1. The molecular formula is C14H18INO. The molecule has 1 aromatic carbocycles. The number of fused-ring (bicyclic) bond motifs is 4. The molecule has 1 heterocycles. The number of hydrogen-bond acceptors (Lipinski definition) is 2. The fraction of sp³-hybridized carbons (Fsp3) is 0.571. The maximum Gasteiger partial charge on any atom is 0.129 e. The molecule has 0 aromatic heterocycles. The molecule has 1 aliphatic heterocycles. The van der Waals surface area contributed by atoms with Crippen LogP contribution in [-0.2, 0) is 11.8 Å². The first-order valence-corrected chi connectivity index (χ1v) is 7.35. The van der Waals surface area contributed by atoms with Crippen molar-refractivity contribution in [3.8, 4) is 5.75 Å². The van der Waals surface area contributed by atoms with E-state index in [1.165, 1.54) is 11.1 Å². The fourth-order valence-corrected chi connectivity index (χ4v) is 4.07. The molecule has 2 N–H and O–H groups in total. The van der Waals surface area contributed by atoms with E-state index in [2.05, 4.69) is 47.8 Å². The number of hydrogen-bond donors (Lipinski definition) is 2. The molecule has 2 bridgehead atoms. The molecule has 1 saturated heterocycles. The number of nitrogens with one attached hydrogen (secondary N) is 1. The molecule has 3 rings (SSSR count). The molecule has 1 fully saturated rings. The van der Waals surface area contributed by atoms with Crippen molar-refractivity contribution in [1.29, 1.82) is 0 Å². The third-order valence-corrected chi connectivity index (χ3v) is 5.75. The second-order valence-electron chi connectivity index (χ2n) is 5.68.